The minimum Gasteiger partial charge on any atom is -0.396 e. The van der Waals surface area contributed by atoms with E-state index in [4.69, 9.17) is 22.4 Å². The van der Waals surface area contributed by atoms with Crippen molar-refractivity contribution in [2.75, 3.05) is 6.61 Å². The number of nitrogens with zero attached hydrogens (tertiary/aromatic N) is 2. The standard InChI is InChI=1S/C11H14ClN3O/c1-15-10(8(13)2-3-16)5-9-11(15)4-7(12)6-14-9/h4-6,8,16H,2-3,13H2,1H3. The monoisotopic (exact) mass is 239 g/mol. The maximum atomic E-state index is 8.88. The van der Waals surface area contributed by atoms with E-state index in [1.165, 1.54) is 0 Å². The zero-order valence-electron chi connectivity index (χ0n) is 9.02. The van der Waals surface area contributed by atoms with Crippen LogP contribution in [0.5, 0.6) is 0 Å². The van der Waals surface area contributed by atoms with Crippen LogP contribution in [-0.2, 0) is 7.05 Å². The van der Waals surface area contributed by atoms with Crippen molar-refractivity contribution < 1.29 is 5.11 Å². The summed E-state index contributed by atoms with van der Waals surface area (Å²) in [7, 11) is 1.92. The summed E-state index contributed by atoms with van der Waals surface area (Å²) in [6.07, 6.45) is 2.16. The zero-order chi connectivity index (χ0) is 11.7. The highest BCUT2D eigenvalue weighted by atomic mass is 35.5. The third-order valence-electron chi connectivity index (χ3n) is 2.72. The summed E-state index contributed by atoms with van der Waals surface area (Å²) in [5.41, 5.74) is 8.75. The predicted molar refractivity (Wildman–Crippen MR) is 64.4 cm³/mol. The molecule has 0 saturated carbocycles. The highest BCUT2D eigenvalue weighted by Crippen LogP contribution is 2.24. The third-order valence-corrected chi connectivity index (χ3v) is 2.92. The maximum absolute atomic E-state index is 8.88. The van der Waals surface area contributed by atoms with Crippen molar-refractivity contribution in [2.24, 2.45) is 12.8 Å². The molecular formula is C11H14ClN3O. The largest absolute Gasteiger partial charge is 0.396 e. The van der Waals surface area contributed by atoms with Crippen molar-refractivity contribution in [3.63, 3.8) is 0 Å². The van der Waals surface area contributed by atoms with Gasteiger partial charge in [0, 0.05) is 31.6 Å². The van der Waals surface area contributed by atoms with Gasteiger partial charge < -0.3 is 15.4 Å². The minimum absolute atomic E-state index is 0.0802. The van der Waals surface area contributed by atoms with Gasteiger partial charge in [-0.15, -0.1) is 0 Å². The highest BCUT2D eigenvalue weighted by Gasteiger charge is 2.13. The fraction of sp³-hybridized carbons (Fsp3) is 0.364. The summed E-state index contributed by atoms with van der Waals surface area (Å²) in [4.78, 5) is 4.23. The molecule has 0 fully saturated rings. The molecule has 2 aromatic heterocycles. The van der Waals surface area contributed by atoms with Gasteiger partial charge in [0.2, 0.25) is 0 Å². The second-order valence-corrected chi connectivity index (χ2v) is 4.24. The van der Waals surface area contributed by atoms with E-state index >= 15 is 0 Å². The fourth-order valence-electron chi connectivity index (χ4n) is 1.84. The van der Waals surface area contributed by atoms with Crippen molar-refractivity contribution in [2.45, 2.75) is 12.5 Å². The molecule has 1 atom stereocenters. The van der Waals surface area contributed by atoms with E-state index in [1.54, 1.807) is 6.20 Å². The van der Waals surface area contributed by atoms with Gasteiger partial charge in [0.25, 0.3) is 0 Å². The molecule has 0 aliphatic heterocycles. The Morgan fingerprint density at radius 3 is 3.00 bits per heavy atom. The Hall–Kier alpha value is -1.10. The van der Waals surface area contributed by atoms with Gasteiger partial charge in [0.1, 0.15) is 0 Å². The molecule has 0 spiro atoms. The second-order valence-electron chi connectivity index (χ2n) is 3.80. The highest BCUT2D eigenvalue weighted by molar-refractivity contribution is 6.31. The van der Waals surface area contributed by atoms with Gasteiger partial charge in [-0.3, -0.25) is 4.98 Å². The van der Waals surface area contributed by atoms with Crippen LogP contribution in [0.3, 0.4) is 0 Å². The van der Waals surface area contributed by atoms with E-state index in [0.717, 1.165) is 16.7 Å². The molecule has 0 aliphatic carbocycles. The Kier molecular flexibility index (Phi) is 3.14. The molecule has 0 saturated heterocycles. The molecule has 5 heteroatoms. The predicted octanol–water partition coefficient (Wildman–Crippen LogP) is 1.61. The van der Waals surface area contributed by atoms with Gasteiger partial charge in [-0.25, -0.2) is 0 Å². The Bertz CT molecular complexity index is 509. The SMILES string of the molecule is Cn1c(C(N)CCO)cc2ncc(Cl)cc21. The van der Waals surface area contributed by atoms with Crippen molar-refractivity contribution >= 4 is 22.6 Å². The summed E-state index contributed by atoms with van der Waals surface area (Å²) >= 11 is 5.89. The van der Waals surface area contributed by atoms with Gasteiger partial charge in [0.15, 0.2) is 0 Å². The van der Waals surface area contributed by atoms with Crippen molar-refractivity contribution in [3.8, 4) is 0 Å². The molecule has 0 aliphatic rings. The summed E-state index contributed by atoms with van der Waals surface area (Å²) in [5.74, 6) is 0. The van der Waals surface area contributed by atoms with Crippen LogP contribution >= 0.6 is 11.6 Å². The number of aromatic nitrogens is 2. The molecule has 0 amide bonds. The fourth-order valence-corrected chi connectivity index (χ4v) is 1.99. The molecule has 0 bridgehead atoms. The van der Waals surface area contributed by atoms with Gasteiger partial charge in [0.05, 0.1) is 16.1 Å². The lowest BCUT2D eigenvalue weighted by atomic mass is 10.1. The van der Waals surface area contributed by atoms with E-state index < -0.39 is 0 Å². The number of hydrogen-bond donors (Lipinski definition) is 2. The van der Waals surface area contributed by atoms with E-state index in [0.29, 0.717) is 11.4 Å². The molecule has 2 aromatic rings. The number of fused-ring (bicyclic) bond motifs is 1. The summed E-state index contributed by atoms with van der Waals surface area (Å²) in [6, 6.07) is 3.62. The van der Waals surface area contributed by atoms with Gasteiger partial charge in [-0.05, 0) is 18.6 Å². The average Bonchev–Trinajstić information content (AvgIpc) is 2.57. The number of halogens is 1. The van der Waals surface area contributed by atoms with E-state index in [-0.39, 0.29) is 12.6 Å². The number of hydrogen-bond acceptors (Lipinski definition) is 3. The third kappa shape index (κ3) is 1.91. The van der Waals surface area contributed by atoms with Crippen LogP contribution in [0, 0.1) is 0 Å². The molecule has 86 valence electrons. The Morgan fingerprint density at radius 2 is 2.31 bits per heavy atom. The van der Waals surface area contributed by atoms with Crippen LogP contribution < -0.4 is 5.73 Å². The minimum atomic E-state index is -0.178. The van der Waals surface area contributed by atoms with Crippen LogP contribution in [0.15, 0.2) is 18.3 Å². The molecule has 0 radical (unpaired) electrons. The van der Waals surface area contributed by atoms with Gasteiger partial charge in [-0.2, -0.15) is 0 Å². The second kappa shape index (κ2) is 4.41. The molecule has 1 unspecified atom stereocenters. The average molecular weight is 240 g/mol. The van der Waals surface area contributed by atoms with Crippen LogP contribution in [0.4, 0.5) is 0 Å². The maximum Gasteiger partial charge on any atom is 0.0885 e. The Balaban J connectivity index is 2.51. The first kappa shape index (κ1) is 11.4. The van der Waals surface area contributed by atoms with Crippen molar-refractivity contribution in [3.05, 3.63) is 29.0 Å². The van der Waals surface area contributed by atoms with Crippen LogP contribution in [0.1, 0.15) is 18.2 Å². The van der Waals surface area contributed by atoms with Crippen molar-refractivity contribution in [1.29, 1.82) is 0 Å². The first-order valence-electron chi connectivity index (χ1n) is 5.11. The smallest absolute Gasteiger partial charge is 0.0885 e. The molecule has 2 heterocycles. The number of pyridine rings is 1. The lowest BCUT2D eigenvalue weighted by Gasteiger charge is -2.11. The number of nitrogens with two attached hydrogens (primary N) is 1. The molecule has 4 nitrogen and oxygen atoms in total. The molecule has 0 aromatic carbocycles. The van der Waals surface area contributed by atoms with E-state index in [2.05, 4.69) is 4.98 Å². The van der Waals surface area contributed by atoms with Crippen LogP contribution in [0.2, 0.25) is 5.02 Å². The quantitative estimate of drug-likeness (QED) is 0.855. The first-order chi connectivity index (χ1) is 7.63. The molecule has 3 N–H and O–H groups in total. The lowest BCUT2D eigenvalue weighted by Crippen LogP contribution is -2.15. The topological polar surface area (TPSA) is 64.1 Å². The zero-order valence-corrected chi connectivity index (χ0v) is 9.78. The van der Waals surface area contributed by atoms with E-state index in [9.17, 15) is 0 Å². The van der Waals surface area contributed by atoms with Gasteiger partial charge >= 0.3 is 0 Å². The lowest BCUT2D eigenvalue weighted by molar-refractivity contribution is 0.275. The summed E-state index contributed by atoms with van der Waals surface area (Å²) in [6.45, 7) is 0.0802. The summed E-state index contributed by atoms with van der Waals surface area (Å²) in [5, 5.41) is 9.49. The van der Waals surface area contributed by atoms with Crippen LogP contribution in [0.25, 0.3) is 11.0 Å². The summed E-state index contributed by atoms with van der Waals surface area (Å²) < 4.78 is 1.97. The van der Waals surface area contributed by atoms with Crippen LogP contribution in [-0.4, -0.2) is 21.3 Å². The number of aliphatic hydroxyl groups is 1. The van der Waals surface area contributed by atoms with Crippen molar-refractivity contribution in [1.82, 2.24) is 9.55 Å². The first-order valence-corrected chi connectivity index (χ1v) is 5.48. The van der Waals surface area contributed by atoms with Gasteiger partial charge in [-0.1, -0.05) is 11.6 Å². The number of aliphatic hydroxyl groups excluding tert-OH is 1. The Morgan fingerprint density at radius 1 is 1.56 bits per heavy atom. The number of rotatable bonds is 3. The normalized spacial score (nSPS) is 13.2. The number of aryl methyl sites for hydroxylation is 1. The molecule has 2 rings (SSSR count). The molecular weight excluding hydrogens is 226 g/mol. The van der Waals surface area contributed by atoms with E-state index in [1.807, 2.05) is 23.7 Å². The molecule has 16 heavy (non-hydrogen) atoms. The Labute approximate surface area is 98.6 Å².